The summed E-state index contributed by atoms with van der Waals surface area (Å²) in [5.74, 6) is 0.409. The summed E-state index contributed by atoms with van der Waals surface area (Å²) in [7, 11) is 2.94. The van der Waals surface area contributed by atoms with Gasteiger partial charge in [0.15, 0.2) is 0 Å². The number of carbonyl (C=O) groups excluding carboxylic acids is 2. The molecule has 0 spiro atoms. The number of rotatable bonds is 8. The maximum atomic E-state index is 11.5. The van der Waals surface area contributed by atoms with Crippen molar-refractivity contribution in [3.05, 3.63) is 34.6 Å². The first-order chi connectivity index (χ1) is 9.87. The van der Waals surface area contributed by atoms with Crippen molar-refractivity contribution in [3.63, 3.8) is 0 Å². The van der Waals surface area contributed by atoms with Crippen molar-refractivity contribution in [2.24, 2.45) is 0 Å². The summed E-state index contributed by atoms with van der Waals surface area (Å²) >= 11 is 0. The molecule has 1 amide bonds. The third-order valence-corrected chi connectivity index (χ3v) is 3.32. The van der Waals surface area contributed by atoms with Gasteiger partial charge < -0.3 is 14.8 Å². The minimum Gasteiger partial charge on any atom is -0.501 e. The van der Waals surface area contributed by atoms with Crippen molar-refractivity contribution in [2.75, 3.05) is 14.2 Å². The van der Waals surface area contributed by atoms with E-state index in [0.29, 0.717) is 12.8 Å². The summed E-state index contributed by atoms with van der Waals surface area (Å²) in [6, 6.07) is -0.658. The van der Waals surface area contributed by atoms with E-state index in [4.69, 9.17) is 4.74 Å². The van der Waals surface area contributed by atoms with Gasteiger partial charge in [0.1, 0.15) is 6.04 Å². The Morgan fingerprint density at radius 2 is 1.71 bits per heavy atom. The monoisotopic (exact) mass is 295 g/mol. The van der Waals surface area contributed by atoms with Crippen molar-refractivity contribution < 1.29 is 19.1 Å². The molecule has 0 radical (unpaired) electrons. The molecular weight excluding hydrogens is 270 g/mol. The minimum atomic E-state index is -0.658. The van der Waals surface area contributed by atoms with Gasteiger partial charge in [-0.2, -0.15) is 0 Å². The molecule has 0 fully saturated rings. The lowest BCUT2D eigenvalue weighted by molar-refractivity contribution is -0.144. The van der Waals surface area contributed by atoms with Crippen LogP contribution in [0.5, 0.6) is 0 Å². The van der Waals surface area contributed by atoms with Crippen molar-refractivity contribution in [2.45, 2.75) is 40.2 Å². The van der Waals surface area contributed by atoms with Crippen LogP contribution in [0.4, 0.5) is 0 Å². The number of allylic oxidation sites excluding steroid dienone is 5. The molecule has 0 aromatic heterocycles. The fourth-order valence-corrected chi connectivity index (χ4v) is 1.65. The second-order valence-electron chi connectivity index (χ2n) is 4.81. The Labute approximate surface area is 126 Å². The summed E-state index contributed by atoms with van der Waals surface area (Å²) in [5.41, 5.74) is 3.10. The Morgan fingerprint density at radius 3 is 2.19 bits per heavy atom. The van der Waals surface area contributed by atoms with Gasteiger partial charge in [0.2, 0.25) is 6.41 Å². The first-order valence-electron chi connectivity index (χ1n) is 6.70. The lowest BCUT2D eigenvalue weighted by atomic mass is 10.0. The molecule has 118 valence electrons. The Kier molecular flexibility index (Phi) is 8.85. The first-order valence-corrected chi connectivity index (χ1v) is 6.70. The molecule has 0 aliphatic rings. The number of hydrogen-bond donors (Lipinski definition) is 1. The second kappa shape index (κ2) is 9.80. The molecule has 5 nitrogen and oxygen atoms in total. The topological polar surface area (TPSA) is 64.6 Å². The molecule has 1 N–H and O–H groups in total. The molecule has 0 heterocycles. The Balaban J connectivity index is 4.95. The fraction of sp³-hybridized carbons (Fsp3) is 0.500. The zero-order valence-corrected chi connectivity index (χ0v) is 13.6. The number of nitrogens with one attached hydrogen (secondary N) is 1. The van der Waals surface area contributed by atoms with E-state index in [-0.39, 0.29) is 0 Å². The molecular formula is C16H25NO4. The van der Waals surface area contributed by atoms with Gasteiger partial charge in [-0.1, -0.05) is 17.7 Å². The predicted octanol–water partition coefficient (Wildman–Crippen LogP) is 2.50. The summed E-state index contributed by atoms with van der Waals surface area (Å²) in [6.07, 6.45) is 4.79. The number of methoxy groups -OCH3 is 2. The van der Waals surface area contributed by atoms with E-state index < -0.39 is 12.0 Å². The van der Waals surface area contributed by atoms with Crippen LogP contribution in [-0.4, -0.2) is 32.6 Å². The van der Waals surface area contributed by atoms with Crippen molar-refractivity contribution in [3.8, 4) is 0 Å². The van der Waals surface area contributed by atoms with Gasteiger partial charge in [-0.25, -0.2) is 4.79 Å². The molecule has 21 heavy (non-hydrogen) atoms. The summed E-state index contributed by atoms with van der Waals surface area (Å²) < 4.78 is 9.84. The second-order valence-corrected chi connectivity index (χ2v) is 4.81. The van der Waals surface area contributed by atoms with Crippen LogP contribution in [0.1, 0.15) is 34.1 Å². The van der Waals surface area contributed by atoms with Crippen LogP contribution in [0.2, 0.25) is 0 Å². The van der Waals surface area contributed by atoms with Crippen molar-refractivity contribution in [1.82, 2.24) is 5.32 Å². The van der Waals surface area contributed by atoms with E-state index in [1.165, 1.54) is 7.11 Å². The zero-order chi connectivity index (χ0) is 16.4. The first kappa shape index (κ1) is 19.0. The fourth-order valence-electron chi connectivity index (χ4n) is 1.65. The summed E-state index contributed by atoms with van der Waals surface area (Å²) in [4.78, 5) is 22.0. The van der Waals surface area contributed by atoms with Crippen molar-refractivity contribution >= 4 is 12.4 Å². The molecule has 0 aromatic rings. The van der Waals surface area contributed by atoms with Gasteiger partial charge in [-0.05, 0) is 45.3 Å². The molecule has 0 aliphatic carbocycles. The van der Waals surface area contributed by atoms with Gasteiger partial charge in [0.25, 0.3) is 0 Å². The van der Waals surface area contributed by atoms with Gasteiger partial charge >= 0.3 is 5.97 Å². The number of amides is 1. The maximum absolute atomic E-state index is 11.5. The maximum Gasteiger partial charge on any atom is 0.328 e. The van der Waals surface area contributed by atoms with E-state index in [2.05, 4.69) is 10.1 Å². The molecule has 0 aromatic carbocycles. The normalized spacial score (nSPS) is 15.0. The molecule has 0 saturated carbocycles. The Hall–Kier alpha value is -2.04. The van der Waals surface area contributed by atoms with Crippen molar-refractivity contribution in [1.29, 1.82) is 0 Å². The van der Waals surface area contributed by atoms with Crippen LogP contribution in [0.3, 0.4) is 0 Å². The average molecular weight is 295 g/mol. The van der Waals surface area contributed by atoms with E-state index in [0.717, 1.165) is 22.5 Å². The smallest absolute Gasteiger partial charge is 0.328 e. The van der Waals surface area contributed by atoms with Gasteiger partial charge in [-0.15, -0.1) is 0 Å². The van der Waals surface area contributed by atoms with Crippen LogP contribution in [0.15, 0.2) is 34.6 Å². The lowest BCUT2D eigenvalue weighted by Gasteiger charge is -2.13. The highest BCUT2D eigenvalue weighted by Crippen LogP contribution is 2.15. The molecule has 1 unspecified atom stereocenters. The largest absolute Gasteiger partial charge is 0.501 e. The van der Waals surface area contributed by atoms with Crippen LogP contribution in [0, 0.1) is 0 Å². The number of esters is 1. The van der Waals surface area contributed by atoms with Gasteiger partial charge in [-0.3, -0.25) is 4.79 Å². The number of ether oxygens (including phenoxy) is 2. The minimum absolute atomic E-state index is 0.404. The zero-order valence-electron chi connectivity index (χ0n) is 13.6. The Morgan fingerprint density at radius 1 is 1.10 bits per heavy atom. The summed E-state index contributed by atoms with van der Waals surface area (Å²) in [6.45, 7) is 7.78. The molecule has 0 rings (SSSR count). The van der Waals surface area contributed by atoms with E-state index in [1.807, 2.05) is 39.8 Å². The van der Waals surface area contributed by atoms with E-state index in [9.17, 15) is 9.59 Å². The number of hydrogen-bond acceptors (Lipinski definition) is 4. The quantitative estimate of drug-likeness (QED) is 0.323. The van der Waals surface area contributed by atoms with Crippen LogP contribution in [-0.2, 0) is 19.1 Å². The molecule has 0 bridgehead atoms. The average Bonchev–Trinajstić information content (AvgIpc) is 2.49. The van der Waals surface area contributed by atoms with Crippen LogP contribution in [0.25, 0.3) is 0 Å². The number of carbonyl (C=O) groups is 2. The highest BCUT2D eigenvalue weighted by Gasteiger charge is 2.18. The Bertz CT molecular complexity index is 461. The molecule has 5 heteroatoms. The highest BCUT2D eigenvalue weighted by atomic mass is 16.5. The lowest BCUT2D eigenvalue weighted by Crippen LogP contribution is -2.36. The SMILES string of the molecule is COC(=O)C(C/C(C)=C/C=C(C)/C(C)=C(/C)OC)NC=O. The van der Waals surface area contributed by atoms with Crippen LogP contribution >= 0.6 is 0 Å². The van der Waals surface area contributed by atoms with Crippen LogP contribution < -0.4 is 5.32 Å². The molecule has 0 aliphatic heterocycles. The highest BCUT2D eigenvalue weighted by molar-refractivity contribution is 5.78. The predicted molar refractivity (Wildman–Crippen MR) is 82.5 cm³/mol. The van der Waals surface area contributed by atoms with Gasteiger partial charge in [0.05, 0.1) is 20.0 Å². The summed E-state index contributed by atoms with van der Waals surface area (Å²) in [5, 5.41) is 2.46. The third kappa shape index (κ3) is 6.79. The van der Waals surface area contributed by atoms with E-state index in [1.54, 1.807) is 7.11 Å². The molecule has 0 saturated heterocycles. The van der Waals surface area contributed by atoms with E-state index >= 15 is 0 Å². The van der Waals surface area contributed by atoms with Gasteiger partial charge in [0, 0.05) is 0 Å². The third-order valence-electron chi connectivity index (χ3n) is 3.32. The standard InChI is InChI=1S/C16H25NO4/c1-11(9-15(17-10-18)16(19)21-6)7-8-12(2)13(3)14(4)20-5/h7-8,10,15H,9H2,1-6H3,(H,17,18)/b11-7+,12-8+,14-13-. The molecule has 1 atom stereocenters.